The van der Waals surface area contributed by atoms with Crippen molar-refractivity contribution in [3.63, 3.8) is 0 Å². The minimum Gasteiger partial charge on any atom is -0.379 e. The van der Waals surface area contributed by atoms with E-state index in [9.17, 15) is 19.2 Å². The Bertz CT molecular complexity index is 1010. The molecule has 2 N–H and O–H groups in total. The zero-order valence-electron chi connectivity index (χ0n) is 21.8. The molecule has 3 rings (SSSR count). The van der Waals surface area contributed by atoms with E-state index < -0.39 is 11.9 Å². The van der Waals surface area contributed by atoms with Crippen molar-refractivity contribution in [3.8, 4) is 11.8 Å². The molecule has 1 aliphatic heterocycles. The summed E-state index contributed by atoms with van der Waals surface area (Å²) in [5.41, 5.74) is 2.15. The number of fused-ring (bicyclic) bond motifs is 1. The Labute approximate surface area is 219 Å². The van der Waals surface area contributed by atoms with E-state index in [1.54, 1.807) is 12.1 Å². The Balaban J connectivity index is 1.46. The molecule has 1 aliphatic carbocycles. The fraction of sp³-hybridized carbons (Fsp3) is 0.571. The van der Waals surface area contributed by atoms with Gasteiger partial charge in [-0.25, -0.2) is 0 Å². The third-order valence-corrected chi connectivity index (χ3v) is 7.24. The highest BCUT2D eigenvalue weighted by atomic mass is 16.5. The van der Waals surface area contributed by atoms with Gasteiger partial charge in [0.2, 0.25) is 18.7 Å². The first-order chi connectivity index (χ1) is 18.0. The van der Waals surface area contributed by atoms with Gasteiger partial charge >= 0.3 is 0 Å². The van der Waals surface area contributed by atoms with Crippen molar-refractivity contribution in [2.24, 2.45) is 0 Å². The summed E-state index contributed by atoms with van der Waals surface area (Å²) < 4.78 is 5.79. The van der Waals surface area contributed by atoms with Crippen molar-refractivity contribution >= 4 is 24.6 Å². The first-order valence-corrected chi connectivity index (χ1v) is 13.1. The lowest BCUT2D eigenvalue weighted by molar-refractivity contribution is -0.129. The standard InChI is InChI=1S/C28H38N4O5/c1-3-7-26(27(35)30-20-34)32-18-25-21(9-6-10-24(25)28(32)36)8-4-5-16-37-17-15-31(2)23-13-11-22(12-14-23)29-19-33/h6,9-10,19-20,22-23,26H,3,5,7,11-18H2,1-2H3,(H,29,33)(H,30,34,35)/t22-,23+,26?. The second-order valence-corrected chi connectivity index (χ2v) is 9.63. The molecular formula is C28H38N4O5. The number of likely N-dealkylation sites (N-methyl/N-ethyl adjacent to an activating group) is 1. The van der Waals surface area contributed by atoms with E-state index in [-0.39, 0.29) is 5.91 Å². The second kappa shape index (κ2) is 14.5. The van der Waals surface area contributed by atoms with Crippen LogP contribution in [0.2, 0.25) is 0 Å². The van der Waals surface area contributed by atoms with E-state index in [1.807, 2.05) is 13.0 Å². The topological polar surface area (TPSA) is 108 Å². The smallest absolute Gasteiger partial charge is 0.255 e. The average molecular weight is 511 g/mol. The molecule has 37 heavy (non-hydrogen) atoms. The predicted molar refractivity (Wildman–Crippen MR) is 139 cm³/mol. The normalized spacial score (nSPS) is 19.5. The Morgan fingerprint density at radius 1 is 1.22 bits per heavy atom. The summed E-state index contributed by atoms with van der Waals surface area (Å²) in [4.78, 5) is 50.6. The molecule has 0 spiro atoms. The van der Waals surface area contributed by atoms with E-state index in [0.29, 0.717) is 63.1 Å². The number of nitrogens with one attached hydrogen (secondary N) is 2. The van der Waals surface area contributed by atoms with Crippen molar-refractivity contribution in [2.45, 2.75) is 76.5 Å². The van der Waals surface area contributed by atoms with Crippen LogP contribution in [-0.4, -0.2) is 79.4 Å². The minimum absolute atomic E-state index is 0.209. The van der Waals surface area contributed by atoms with Crippen molar-refractivity contribution in [3.05, 3.63) is 34.9 Å². The lowest BCUT2D eigenvalue weighted by Crippen LogP contribution is -2.46. The summed E-state index contributed by atoms with van der Waals surface area (Å²) in [7, 11) is 2.12. The number of ether oxygens (including phenoxy) is 1. The maximum absolute atomic E-state index is 13.0. The van der Waals surface area contributed by atoms with E-state index >= 15 is 0 Å². The molecule has 0 aromatic heterocycles. The van der Waals surface area contributed by atoms with Crippen molar-refractivity contribution < 1.29 is 23.9 Å². The van der Waals surface area contributed by atoms with Gasteiger partial charge in [0.15, 0.2) is 0 Å². The van der Waals surface area contributed by atoms with Crippen LogP contribution in [0.4, 0.5) is 0 Å². The highest BCUT2D eigenvalue weighted by molar-refractivity contribution is 6.02. The summed E-state index contributed by atoms with van der Waals surface area (Å²) in [5, 5.41) is 5.07. The van der Waals surface area contributed by atoms with Gasteiger partial charge in [0.25, 0.3) is 5.91 Å². The zero-order valence-corrected chi connectivity index (χ0v) is 21.8. The number of rotatable bonds is 13. The molecular weight excluding hydrogens is 472 g/mol. The van der Waals surface area contributed by atoms with Crippen molar-refractivity contribution in [1.82, 2.24) is 20.4 Å². The number of carbonyl (C=O) groups excluding carboxylic acids is 4. The zero-order chi connectivity index (χ0) is 26.6. The maximum Gasteiger partial charge on any atom is 0.255 e. The van der Waals surface area contributed by atoms with Gasteiger partial charge < -0.3 is 19.9 Å². The van der Waals surface area contributed by atoms with E-state index in [2.05, 4.69) is 34.4 Å². The van der Waals surface area contributed by atoms with Gasteiger partial charge in [0.1, 0.15) is 6.04 Å². The van der Waals surface area contributed by atoms with Crippen LogP contribution >= 0.6 is 0 Å². The number of hydrogen-bond acceptors (Lipinski definition) is 6. The van der Waals surface area contributed by atoms with Crippen LogP contribution in [-0.2, 0) is 25.7 Å². The SMILES string of the molecule is CCCC(C(=O)NC=O)N1Cc2c(C#CCCOCCN(C)[C@H]3CC[C@@H](NC=O)CC3)cccc2C1=O. The number of carbonyl (C=O) groups is 4. The fourth-order valence-corrected chi connectivity index (χ4v) is 5.13. The molecule has 1 unspecified atom stereocenters. The molecule has 9 nitrogen and oxygen atoms in total. The van der Waals surface area contributed by atoms with Crippen molar-refractivity contribution in [2.75, 3.05) is 26.8 Å². The van der Waals surface area contributed by atoms with Crippen molar-refractivity contribution in [1.29, 1.82) is 0 Å². The third kappa shape index (κ3) is 7.63. The summed E-state index contributed by atoms with van der Waals surface area (Å²) in [6.07, 6.45) is 7.11. The summed E-state index contributed by atoms with van der Waals surface area (Å²) in [5.74, 6) is 5.65. The molecule has 1 atom stereocenters. The summed E-state index contributed by atoms with van der Waals surface area (Å²) >= 11 is 0. The quantitative estimate of drug-likeness (QED) is 0.238. The largest absolute Gasteiger partial charge is 0.379 e. The van der Waals surface area contributed by atoms with Crippen LogP contribution in [0.3, 0.4) is 0 Å². The summed E-state index contributed by atoms with van der Waals surface area (Å²) in [6, 6.07) is 5.59. The van der Waals surface area contributed by atoms with Gasteiger partial charge in [0.05, 0.1) is 13.2 Å². The minimum atomic E-state index is -0.689. The van der Waals surface area contributed by atoms with Crippen LogP contribution in [0.15, 0.2) is 18.2 Å². The molecule has 1 fully saturated rings. The third-order valence-electron chi connectivity index (χ3n) is 7.24. The average Bonchev–Trinajstić information content (AvgIpc) is 3.24. The molecule has 9 heteroatoms. The first-order valence-electron chi connectivity index (χ1n) is 13.1. The lowest BCUT2D eigenvalue weighted by atomic mass is 9.90. The maximum atomic E-state index is 13.0. The molecule has 0 saturated heterocycles. The number of hydrogen-bond donors (Lipinski definition) is 2. The Morgan fingerprint density at radius 2 is 2.00 bits per heavy atom. The molecule has 0 radical (unpaired) electrons. The lowest BCUT2D eigenvalue weighted by Gasteiger charge is -2.34. The van der Waals surface area contributed by atoms with Crippen LogP contribution in [0.1, 0.15) is 73.4 Å². The number of nitrogens with zero attached hydrogens (tertiary/aromatic N) is 2. The molecule has 1 heterocycles. The molecule has 0 bridgehead atoms. The fourth-order valence-electron chi connectivity index (χ4n) is 5.13. The highest BCUT2D eigenvalue weighted by Crippen LogP contribution is 2.28. The predicted octanol–water partition coefficient (Wildman–Crippen LogP) is 1.83. The molecule has 1 aromatic rings. The molecule has 4 amide bonds. The number of amides is 4. The summed E-state index contributed by atoms with van der Waals surface area (Å²) in [6.45, 7) is 4.25. The van der Waals surface area contributed by atoms with Gasteiger partial charge in [0, 0.05) is 42.7 Å². The number of imide groups is 1. The van der Waals surface area contributed by atoms with Gasteiger partial charge in [-0.15, -0.1) is 0 Å². The Kier molecular flexibility index (Phi) is 11.1. The first kappa shape index (κ1) is 28.4. The van der Waals surface area contributed by atoms with Crippen LogP contribution < -0.4 is 10.6 Å². The Morgan fingerprint density at radius 3 is 2.70 bits per heavy atom. The van der Waals surface area contributed by atoms with E-state index in [4.69, 9.17) is 4.74 Å². The molecule has 1 saturated carbocycles. The van der Waals surface area contributed by atoms with Gasteiger partial charge in [-0.1, -0.05) is 31.3 Å². The van der Waals surface area contributed by atoms with Gasteiger partial charge in [-0.05, 0) is 56.8 Å². The van der Waals surface area contributed by atoms with E-state index in [0.717, 1.165) is 49.8 Å². The number of benzene rings is 1. The Hall–Kier alpha value is -3.22. The molecule has 1 aromatic carbocycles. The second-order valence-electron chi connectivity index (χ2n) is 9.63. The monoisotopic (exact) mass is 510 g/mol. The van der Waals surface area contributed by atoms with E-state index in [1.165, 1.54) is 4.90 Å². The van der Waals surface area contributed by atoms with Gasteiger partial charge in [-0.2, -0.15) is 0 Å². The van der Waals surface area contributed by atoms with Crippen LogP contribution in [0, 0.1) is 11.8 Å². The van der Waals surface area contributed by atoms with Crippen LogP contribution in [0.25, 0.3) is 0 Å². The van der Waals surface area contributed by atoms with Gasteiger partial charge in [-0.3, -0.25) is 24.5 Å². The molecule has 200 valence electrons. The highest BCUT2D eigenvalue weighted by Gasteiger charge is 2.36. The molecule has 2 aliphatic rings. The van der Waals surface area contributed by atoms with Crippen LogP contribution in [0.5, 0.6) is 0 Å².